The van der Waals surface area contributed by atoms with Crippen molar-refractivity contribution in [2.45, 2.75) is 32.9 Å². The summed E-state index contributed by atoms with van der Waals surface area (Å²) in [5.41, 5.74) is 1.07. The molecule has 1 aromatic rings. The van der Waals surface area contributed by atoms with Gasteiger partial charge in [-0.25, -0.2) is 0 Å². The van der Waals surface area contributed by atoms with E-state index in [1.807, 2.05) is 26.0 Å². The largest absolute Gasteiger partial charge is 0.493 e. The van der Waals surface area contributed by atoms with Crippen molar-refractivity contribution in [1.29, 1.82) is 0 Å². The molecule has 0 aliphatic heterocycles. The molecule has 1 rings (SSSR count). The van der Waals surface area contributed by atoms with Gasteiger partial charge in [-0.3, -0.25) is 0 Å². The maximum absolute atomic E-state index is 8.69. The predicted molar refractivity (Wildman–Crippen MR) is 92.7 cm³/mol. The molecular weight excluding hydrogens is 348 g/mol. The van der Waals surface area contributed by atoms with E-state index in [-0.39, 0.29) is 12.7 Å². The molecule has 0 aliphatic carbocycles. The quantitative estimate of drug-likeness (QED) is 0.518. The van der Waals surface area contributed by atoms with Crippen molar-refractivity contribution in [3.8, 4) is 11.5 Å². The number of nitrogens with one attached hydrogen (secondary N) is 2. The van der Waals surface area contributed by atoms with Gasteiger partial charge in [-0.2, -0.15) is 0 Å². The highest BCUT2D eigenvalue weighted by Gasteiger charge is 2.15. The number of aliphatic hydroxyl groups is 1. The fourth-order valence-corrected chi connectivity index (χ4v) is 2.48. The van der Waals surface area contributed by atoms with E-state index in [9.17, 15) is 0 Å². The molecule has 0 amide bonds. The number of halogens is 1. The van der Waals surface area contributed by atoms with E-state index in [4.69, 9.17) is 14.6 Å². The second-order valence-corrected chi connectivity index (χ2v) is 6.08. The zero-order chi connectivity index (χ0) is 16.4. The van der Waals surface area contributed by atoms with Gasteiger partial charge in [0.2, 0.25) is 0 Å². The first-order valence-corrected chi connectivity index (χ1v) is 8.43. The Bertz CT molecular complexity index is 442. The average molecular weight is 375 g/mol. The molecule has 22 heavy (non-hydrogen) atoms. The van der Waals surface area contributed by atoms with Crippen molar-refractivity contribution in [1.82, 2.24) is 10.6 Å². The van der Waals surface area contributed by atoms with Gasteiger partial charge in [-0.05, 0) is 45.5 Å². The normalized spacial score (nSPS) is 11.0. The highest BCUT2D eigenvalue weighted by molar-refractivity contribution is 9.10. The monoisotopic (exact) mass is 374 g/mol. The van der Waals surface area contributed by atoms with Crippen molar-refractivity contribution in [2.24, 2.45) is 0 Å². The molecular formula is C16H27BrN2O3. The first kappa shape index (κ1) is 19.2. The number of hydrogen-bond acceptors (Lipinski definition) is 5. The van der Waals surface area contributed by atoms with E-state index in [1.165, 1.54) is 0 Å². The van der Waals surface area contributed by atoms with Gasteiger partial charge in [0.15, 0.2) is 11.5 Å². The molecule has 0 bridgehead atoms. The summed E-state index contributed by atoms with van der Waals surface area (Å²) in [6.45, 7) is 7.33. The minimum Gasteiger partial charge on any atom is -0.493 e. The molecule has 0 saturated heterocycles. The van der Waals surface area contributed by atoms with Crippen LogP contribution in [0.5, 0.6) is 11.5 Å². The molecule has 0 radical (unpaired) electrons. The lowest BCUT2D eigenvalue weighted by molar-refractivity contribution is 0.227. The highest BCUT2D eigenvalue weighted by Crippen LogP contribution is 2.36. The molecule has 126 valence electrons. The van der Waals surface area contributed by atoms with Crippen LogP contribution in [0.4, 0.5) is 0 Å². The molecule has 0 fully saturated rings. The summed E-state index contributed by atoms with van der Waals surface area (Å²) in [4.78, 5) is 0. The fraction of sp³-hybridized carbons (Fsp3) is 0.625. The van der Waals surface area contributed by atoms with Crippen LogP contribution in [0.2, 0.25) is 0 Å². The van der Waals surface area contributed by atoms with Crippen LogP contribution in [-0.4, -0.2) is 44.6 Å². The van der Waals surface area contributed by atoms with Crippen LogP contribution in [0.25, 0.3) is 0 Å². The molecule has 3 N–H and O–H groups in total. The van der Waals surface area contributed by atoms with Gasteiger partial charge < -0.3 is 25.2 Å². The van der Waals surface area contributed by atoms with E-state index in [0.29, 0.717) is 13.1 Å². The van der Waals surface area contributed by atoms with Gasteiger partial charge in [0.05, 0.1) is 19.8 Å². The summed E-state index contributed by atoms with van der Waals surface area (Å²) in [5, 5.41) is 15.3. The number of hydrogen-bond donors (Lipinski definition) is 3. The maximum atomic E-state index is 8.69. The van der Waals surface area contributed by atoms with Crippen LogP contribution in [0, 0.1) is 0 Å². The van der Waals surface area contributed by atoms with Gasteiger partial charge in [0.1, 0.15) is 0 Å². The summed E-state index contributed by atoms with van der Waals surface area (Å²) >= 11 is 3.59. The zero-order valence-electron chi connectivity index (χ0n) is 13.6. The smallest absolute Gasteiger partial charge is 0.167 e. The lowest BCUT2D eigenvalue weighted by Crippen LogP contribution is -2.24. The van der Waals surface area contributed by atoms with Crippen molar-refractivity contribution < 1.29 is 14.6 Å². The van der Waals surface area contributed by atoms with Gasteiger partial charge in [0.25, 0.3) is 0 Å². The van der Waals surface area contributed by atoms with Crippen LogP contribution in [0.1, 0.15) is 25.8 Å². The molecule has 0 unspecified atom stereocenters. The zero-order valence-corrected chi connectivity index (χ0v) is 15.2. The Morgan fingerprint density at radius 1 is 1.18 bits per heavy atom. The molecule has 6 heteroatoms. The van der Waals surface area contributed by atoms with Crippen LogP contribution >= 0.6 is 15.9 Å². The van der Waals surface area contributed by atoms with Crippen LogP contribution < -0.4 is 20.1 Å². The van der Waals surface area contributed by atoms with Crippen molar-refractivity contribution >= 4 is 15.9 Å². The fourth-order valence-electron chi connectivity index (χ4n) is 2.03. The van der Waals surface area contributed by atoms with Crippen LogP contribution in [0.15, 0.2) is 16.6 Å². The molecule has 0 spiro atoms. The summed E-state index contributed by atoms with van der Waals surface area (Å²) < 4.78 is 12.3. The van der Waals surface area contributed by atoms with E-state index in [2.05, 4.69) is 26.6 Å². The van der Waals surface area contributed by atoms with Gasteiger partial charge >= 0.3 is 0 Å². The van der Waals surface area contributed by atoms with Crippen molar-refractivity contribution in [3.05, 3.63) is 22.2 Å². The summed E-state index contributed by atoms with van der Waals surface area (Å²) in [6, 6.07) is 3.88. The third-order valence-corrected chi connectivity index (χ3v) is 3.78. The van der Waals surface area contributed by atoms with Crippen molar-refractivity contribution in [3.63, 3.8) is 0 Å². The highest BCUT2D eigenvalue weighted by atomic mass is 79.9. The molecule has 0 atom stereocenters. The van der Waals surface area contributed by atoms with Gasteiger partial charge in [-0.1, -0.05) is 15.9 Å². The Balaban J connectivity index is 2.60. The Labute approximate surface area is 141 Å². The van der Waals surface area contributed by atoms with E-state index >= 15 is 0 Å². The first-order chi connectivity index (χ1) is 10.6. The lowest BCUT2D eigenvalue weighted by Gasteiger charge is -2.19. The third kappa shape index (κ3) is 6.52. The SMILES string of the molecule is COc1ccc(Br)c(CNCCCNCCO)c1OC(C)C. The molecule has 0 saturated carbocycles. The molecule has 1 aromatic carbocycles. The van der Waals surface area contributed by atoms with Gasteiger partial charge in [-0.15, -0.1) is 0 Å². The molecule has 5 nitrogen and oxygen atoms in total. The second kappa shape index (κ2) is 10.8. The number of ether oxygens (including phenoxy) is 2. The molecule has 0 heterocycles. The summed E-state index contributed by atoms with van der Waals surface area (Å²) in [6.07, 6.45) is 1.09. The number of benzene rings is 1. The Morgan fingerprint density at radius 3 is 2.55 bits per heavy atom. The minimum absolute atomic E-state index is 0.0876. The number of methoxy groups -OCH3 is 1. The average Bonchev–Trinajstić information content (AvgIpc) is 2.48. The second-order valence-electron chi connectivity index (χ2n) is 5.23. The van der Waals surface area contributed by atoms with E-state index < -0.39 is 0 Å². The standard InChI is InChI=1S/C16H27BrN2O3/c1-12(2)22-16-13(14(17)5-6-15(16)21-3)11-19-8-4-7-18-9-10-20/h5-6,12,18-20H,4,7-11H2,1-3H3. The summed E-state index contributed by atoms with van der Waals surface area (Å²) in [5.74, 6) is 1.54. The number of rotatable bonds is 11. The predicted octanol–water partition coefficient (Wildman–Crippen LogP) is 2.31. The topological polar surface area (TPSA) is 62.8 Å². The lowest BCUT2D eigenvalue weighted by atomic mass is 10.1. The Hall–Kier alpha value is -0.820. The Kier molecular flexibility index (Phi) is 9.47. The summed E-state index contributed by atoms with van der Waals surface area (Å²) in [7, 11) is 1.65. The maximum Gasteiger partial charge on any atom is 0.167 e. The van der Waals surface area contributed by atoms with Crippen molar-refractivity contribution in [2.75, 3.05) is 33.4 Å². The number of aliphatic hydroxyl groups excluding tert-OH is 1. The van der Waals surface area contributed by atoms with E-state index in [0.717, 1.165) is 41.0 Å². The minimum atomic E-state index is 0.0876. The molecule has 0 aromatic heterocycles. The van der Waals surface area contributed by atoms with Crippen LogP contribution in [0.3, 0.4) is 0 Å². The van der Waals surface area contributed by atoms with Gasteiger partial charge in [0, 0.05) is 23.1 Å². The third-order valence-electron chi connectivity index (χ3n) is 3.04. The van der Waals surface area contributed by atoms with Crippen LogP contribution in [-0.2, 0) is 6.54 Å². The Morgan fingerprint density at radius 2 is 1.91 bits per heavy atom. The van der Waals surface area contributed by atoms with E-state index in [1.54, 1.807) is 7.11 Å². The first-order valence-electron chi connectivity index (χ1n) is 7.64. The molecule has 0 aliphatic rings.